The highest BCUT2D eigenvalue weighted by atomic mass is 16.5. The van der Waals surface area contributed by atoms with Crippen LogP contribution in [0.5, 0.6) is 0 Å². The first kappa shape index (κ1) is 16.2. The van der Waals surface area contributed by atoms with Crippen LogP contribution in [0.4, 0.5) is 5.69 Å². The number of aliphatic hydroxyl groups is 1. The van der Waals surface area contributed by atoms with Crippen LogP contribution in [0.2, 0.25) is 0 Å². The summed E-state index contributed by atoms with van der Waals surface area (Å²) in [5.74, 6) is -0.806. The fraction of sp³-hybridized carbons (Fsp3) is 0.615. The number of carbonyl (C=O) groups excluding carboxylic acids is 1. The van der Waals surface area contributed by atoms with E-state index >= 15 is 0 Å². The van der Waals surface area contributed by atoms with Crippen molar-refractivity contribution >= 4 is 11.7 Å². The largest absolute Gasteiger partial charge is 0.467 e. The zero-order valence-electron chi connectivity index (χ0n) is 12.3. The predicted octanol–water partition coefficient (Wildman–Crippen LogP) is 0.0135. The number of nitrogens with zero attached hydrogens (tertiary/aromatic N) is 3. The van der Waals surface area contributed by atoms with E-state index in [2.05, 4.69) is 9.84 Å². The van der Waals surface area contributed by atoms with Crippen molar-refractivity contribution in [3.8, 4) is 0 Å². The van der Waals surface area contributed by atoms with E-state index in [9.17, 15) is 14.7 Å². The van der Waals surface area contributed by atoms with Crippen molar-refractivity contribution < 1.29 is 14.6 Å². The Labute approximate surface area is 117 Å². The summed E-state index contributed by atoms with van der Waals surface area (Å²) >= 11 is 0. The molecule has 7 heteroatoms. The molecule has 112 valence electrons. The van der Waals surface area contributed by atoms with Crippen LogP contribution in [0, 0.1) is 0 Å². The van der Waals surface area contributed by atoms with Gasteiger partial charge in [0.25, 0.3) is 5.56 Å². The highest BCUT2D eigenvalue weighted by molar-refractivity contribution is 5.78. The molecule has 0 aliphatic rings. The van der Waals surface area contributed by atoms with Gasteiger partial charge in [0, 0.05) is 19.2 Å². The van der Waals surface area contributed by atoms with Gasteiger partial charge in [0.05, 0.1) is 25.5 Å². The van der Waals surface area contributed by atoms with E-state index in [-0.39, 0.29) is 12.1 Å². The number of anilines is 1. The number of hydrogen-bond donors (Lipinski definition) is 1. The monoisotopic (exact) mass is 283 g/mol. The molecule has 20 heavy (non-hydrogen) atoms. The molecule has 1 aromatic rings. The Bertz CT molecular complexity index is 521. The van der Waals surface area contributed by atoms with Crippen molar-refractivity contribution in [3.63, 3.8) is 0 Å². The molecule has 0 aliphatic heterocycles. The lowest BCUT2D eigenvalue weighted by Gasteiger charge is -2.22. The second-order valence-corrected chi connectivity index (χ2v) is 4.65. The Hall–Kier alpha value is -1.89. The van der Waals surface area contributed by atoms with E-state index in [1.165, 1.54) is 20.1 Å². The highest BCUT2D eigenvalue weighted by Crippen LogP contribution is 2.11. The number of aromatic nitrogens is 2. The van der Waals surface area contributed by atoms with Crippen molar-refractivity contribution in [2.75, 3.05) is 25.1 Å². The van der Waals surface area contributed by atoms with Gasteiger partial charge in [-0.1, -0.05) is 0 Å². The minimum atomic E-state index is -1.79. The minimum Gasteiger partial charge on any atom is -0.467 e. The van der Waals surface area contributed by atoms with Gasteiger partial charge in [0.2, 0.25) is 0 Å². The lowest BCUT2D eigenvalue weighted by atomic mass is 10.1. The van der Waals surface area contributed by atoms with Gasteiger partial charge in [-0.25, -0.2) is 9.48 Å². The molecule has 1 atom stereocenters. The molecule has 0 bridgehead atoms. The van der Waals surface area contributed by atoms with Crippen molar-refractivity contribution in [1.29, 1.82) is 0 Å². The Kier molecular flexibility index (Phi) is 5.26. The average molecular weight is 283 g/mol. The van der Waals surface area contributed by atoms with Crippen molar-refractivity contribution in [2.45, 2.75) is 32.9 Å². The number of hydrogen-bond acceptors (Lipinski definition) is 6. The van der Waals surface area contributed by atoms with Gasteiger partial charge in [-0.2, -0.15) is 5.10 Å². The number of rotatable bonds is 6. The number of carbonyl (C=O) groups is 1. The molecule has 1 N–H and O–H groups in total. The van der Waals surface area contributed by atoms with Gasteiger partial charge in [0.1, 0.15) is 0 Å². The molecule has 0 radical (unpaired) electrons. The second-order valence-electron chi connectivity index (χ2n) is 4.65. The summed E-state index contributed by atoms with van der Waals surface area (Å²) in [5, 5.41) is 13.9. The topological polar surface area (TPSA) is 84.7 Å². The van der Waals surface area contributed by atoms with Crippen molar-refractivity contribution in [1.82, 2.24) is 9.78 Å². The van der Waals surface area contributed by atoms with Gasteiger partial charge < -0.3 is 14.7 Å². The molecular formula is C13H21N3O4. The molecule has 0 fully saturated rings. The van der Waals surface area contributed by atoms with Gasteiger partial charge >= 0.3 is 5.97 Å². The quantitative estimate of drug-likeness (QED) is 0.741. The van der Waals surface area contributed by atoms with Crippen LogP contribution < -0.4 is 10.5 Å². The predicted molar refractivity (Wildman–Crippen MR) is 74.7 cm³/mol. The molecule has 1 aromatic heterocycles. The van der Waals surface area contributed by atoms with E-state index in [4.69, 9.17) is 0 Å². The van der Waals surface area contributed by atoms with Gasteiger partial charge in [-0.05, 0) is 20.8 Å². The molecule has 0 saturated heterocycles. The molecular weight excluding hydrogens is 262 g/mol. The third-order valence-corrected chi connectivity index (χ3v) is 3.07. The first-order valence-electron chi connectivity index (χ1n) is 6.48. The standard InChI is InChI=1S/C13H21N3O4/c1-5-15(6-2)10-7-11(17)16(14-8-10)9-13(3,19)12(18)20-4/h7-8,19H,5-6,9H2,1-4H3. The van der Waals surface area contributed by atoms with Crippen LogP contribution in [0.15, 0.2) is 17.1 Å². The second kappa shape index (κ2) is 6.51. The molecule has 0 saturated carbocycles. The van der Waals surface area contributed by atoms with E-state index in [0.717, 1.165) is 17.8 Å². The van der Waals surface area contributed by atoms with Crippen LogP contribution in [0.1, 0.15) is 20.8 Å². The average Bonchev–Trinajstić information content (AvgIpc) is 2.42. The third kappa shape index (κ3) is 3.57. The summed E-state index contributed by atoms with van der Waals surface area (Å²) in [5.41, 5.74) is -1.45. The number of ether oxygens (including phenoxy) is 1. The Morgan fingerprint density at radius 1 is 1.50 bits per heavy atom. The molecule has 0 spiro atoms. The Morgan fingerprint density at radius 2 is 2.10 bits per heavy atom. The molecule has 1 unspecified atom stereocenters. The van der Waals surface area contributed by atoms with Gasteiger partial charge in [0.15, 0.2) is 5.60 Å². The van der Waals surface area contributed by atoms with E-state index in [0.29, 0.717) is 5.69 Å². The summed E-state index contributed by atoms with van der Waals surface area (Å²) in [6.45, 7) is 6.53. The van der Waals surface area contributed by atoms with Crippen LogP contribution >= 0.6 is 0 Å². The summed E-state index contributed by atoms with van der Waals surface area (Å²) in [6.07, 6.45) is 1.54. The highest BCUT2D eigenvalue weighted by Gasteiger charge is 2.32. The van der Waals surface area contributed by atoms with Crippen molar-refractivity contribution in [3.05, 3.63) is 22.6 Å². The zero-order valence-corrected chi connectivity index (χ0v) is 12.3. The lowest BCUT2D eigenvalue weighted by Crippen LogP contribution is -2.44. The number of methoxy groups -OCH3 is 1. The zero-order chi connectivity index (χ0) is 15.3. The first-order chi connectivity index (χ1) is 9.35. The van der Waals surface area contributed by atoms with Crippen LogP contribution in [0.25, 0.3) is 0 Å². The van der Waals surface area contributed by atoms with Gasteiger partial charge in [-0.3, -0.25) is 4.79 Å². The van der Waals surface area contributed by atoms with Gasteiger partial charge in [-0.15, -0.1) is 0 Å². The fourth-order valence-electron chi connectivity index (χ4n) is 1.88. The summed E-state index contributed by atoms with van der Waals surface area (Å²) in [7, 11) is 1.18. The molecule has 1 heterocycles. The van der Waals surface area contributed by atoms with E-state index in [1.54, 1.807) is 6.20 Å². The normalized spacial score (nSPS) is 13.7. The van der Waals surface area contributed by atoms with Crippen LogP contribution in [0.3, 0.4) is 0 Å². The Morgan fingerprint density at radius 3 is 2.55 bits per heavy atom. The summed E-state index contributed by atoms with van der Waals surface area (Å²) in [6, 6.07) is 1.44. The van der Waals surface area contributed by atoms with Crippen molar-refractivity contribution in [2.24, 2.45) is 0 Å². The molecule has 1 rings (SSSR count). The Balaban J connectivity index is 3.00. The maximum absolute atomic E-state index is 12.0. The lowest BCUT2D eigenvalue weighted by molar-refractivity contribution is -0.162. The fourth-order valence-corrected chi connectivity index (χ4v) is 1.88. The van der Waals surface area contributed by atoms with Crippen LogP contribution in [-0.2, 0) is 16.1 Å². The molecule has 0 amide bonds. The first-order valence-corrected chi connectivity index (χ1v) is 6.48. The third-order valence-electron chi connectivity index (χ3n) is 3.07. The SMILES string of the molecule is CCN(CC)c1cnn(CC(C)(O)C(=O)OC)c(=O)c1. The molecule has 7 nitrogen and oxygen atoms in total. The molecule has 0 aromatic carbocycles. The maximum Gasteiger partial charge on any atom is 0.339 e. The smallest absolute Gasteiger partial charge is 0.339 e. The summed E-state index contributed by atoms with van der Waals surface area (Å²) in [4.78, 5) is 25.4. The van der Waals surface area contributed by atoms with Crippen LogP contribution in [-0.4, -0.2) is 46.7 Å². The maximum atomic E-state index is 12.0. The molecule has 0 aliphatic carbocycles. The number of esters is 1. The van der Waals surface area contributed by atoms with E-state index in [1.807, 2.05) is 18.7 Å². The summed E-state index contributed by atoms with van der Waals surface area (Å²) < 4.78 is 5.53. The minimum absolute atomic E-state index is 0.253. The van der Waals surface area contributed by atoms with E-state index < -0.39 is 11.6 Å².